The lowest BCUT2D eigenvalue weighted by atomic mass is 10.1. The monoisotopic (exact) mass is 512 g/mol. The van der Waals surface area contributed by atoms with Crippen molar-refractivity contribution in [1.82, 2.24) is 18.7 Å². The first kappa shape index (κ1) is 23.6. The average molecular weight is 513 g/mol. The van der Waals surface area contributed by atoms with Crippen LogP contribution >= 0.6 is 11.3 Å². The molecule has 11 heteroatoms. The number of methoxy groups -OCH3 is 1. The van der Waals surface area contributed by atoms with Crippen LogP contribution in [0.5, 0.6) is 5.75 Å². The van der Waals surface area contributed by atoms with Gasteiger partial charge >= 0.3 is 5.69 Å². The number of hydrogen-bond donors (Lipinski definition) is 0. The Kier molecular flexibility index (Phi) is 5.59. The molecule has 0 aliphatic carbocycles. The predicted molar refractivity (Wildman–Crippen MR) is 131 cm³/mol. The highest BCUT2D eigenvalue weighted by molar-refractivity contribution is 7.22. The quantitative estimate of drug-likeness (QED) is 0.329. The molecule has 36 heavy (non-hydrogen) atoms. The molecule has 0 aliphatic rings. The number of halogens is 3. The number of nitrogens with zero attached hydrogens (tertiary/aromatic N) is 4. The molecule has 0 atom stereocenters. The van der Waals surface area contributed by atoms with E-state index in [1.807, 2.05) is 35.9 Å². The summed E-state index contributed by atoms with van der Waals surface area (Å²) in [6.45, 7) is 3.61. The number of aromatic nitrogens is 4. The zero-order valence-corrected chi connectivity index (χ0v) is 20.4. The van der Waals surface area contributed by atoms with Crippen molar-refractivity contribution in [1.29, 1.82) is 0 Å². The molecule has 7 nitrogen and oxygen atoms in total. The third kappa shape index (κ3) is 3.54. The summed E-state index contributed by atoms with van der Waals surface area (Å²) in [5, 5.41) is 0.218. The topological polar surface area (TPSA) is 71.0 Å². The van der Waals surface area contributed by atoms with E-state index in [1.54, 1.807) is 20.4 Å². The maximum absolute atomic E-state index is 13.9. The van der Waals surface area contributed by atoms with Gasteiger partial charge in [-0.05, 0) is 37.1 Å². The van der Waals surface area contributed by atoms with E-state index >= 15 is 0 Å². The Morgan fingerprint density at radius 1 is 1.03 bits per heavy atom. The minimum atomic E-state index is -1.68. The van der Waals surface area contributed by atoms with Crippen LogP contribution in [0.4, 0.5) is 13.2 Å². The highest BCUT2D eigenvalue weighted by Crippen LogP contribution is 2.39. The summed E-state index contributed by atoms with van der Waals surface area (Å²) in [5.41, 5.74) is 0.997. The molecule has 0 saturated heterocycles. The van der Waals surface area contributed by atoms with Crippen molar-refractivity contribution in [2.75, 3.05) is 7.11 Å². The van der Waals surface area contributed by atoms with Gasteiger partial charge < -0.3 is 9.30 Å². The number of thiophene rings is 1. The Morgan fingerprint density at radius 2 is 1.72 bits per heavy atom. The summed E-state index contributed by atoms with van der Waals surface area (Å²) >= 11 is 1.24. The second kappa shape index (κ2) is 8.52. The van der Waals surface area contributed by atoms with Crippen molar-refractivity contribution in [3.05, 3.63) is 92.4 Å². The van der Waals surface area contributed by atoms with E-state index in [1.165, 1.54) is 23.0 Å². The third-order valence-corrected chi connectivity index (χ3v) is 7.40. The zero-order chi connectivity index (χ0) is 25.9. The highest BCUT2D eigenvalue weighted by atomic mass is 32.1. The molecule has 5 rings (SSSR count). The van der Waals surface area contributed by atoms with E-state index in [0.717, 1.165) is 21.8 Å². The summed E-state index contributed by atoms with van der Waals surface area (Å²) in [4.78, 5) is 31.8. The smallest absolute Gasteiger partial charge is 0.336 e. The maximum Gasteiger partial charge on any atom is 0.336 e. The Bertz CT molecular complexity index is 1780. The van der Waals surface area contributed by atoms with Crippen molar-refractivity contribution in [3.8, 4) is 27.6 Å². The van der Waals surface area contributed by atoms with Crippen LogP contribution in [0.3, 0.4) is 0 Å². The number of rotatable bonds is 4. The van der Waals surface area contributed by atoms with Crippen molar-refractivity contribution < 1.29 is 17.9 Å². The summed E-state index contributed by atoms with van der Waals surface area (Å²) in [5.74, 6) is -4.10. The molecular weight excluding hydrogens is 493 g/mol. The van der Waals surface area contributed by atoms with Crippen LogP contribution in [0.1, 0.15) is 11.3 Å². The van der Waals surface area contributed by atoms with Gasteiger partial charge in [0.2, 0.25) is 0 Å². The van der Waals surface area contributed by atoms with Gasteiger partial charge in [-0.2, -0.15) is 0 Å². The van der Waals surface area contributed by atoms with Gasteiger partial charge in [0.15, 0.2) is 17.5 Å². The van der Waals surface area contributed by atoms with Crippen LogP contribution in [-0.4, -0.2) is 25.8 Å². The second-order valence-electron chi connectivity index (χ2n) is 8.25. The van der Waals surface area contributed by atoms with E-state index in [2.05, 4.69) is 4.98 Å². The largest absolute Gasteiger partial charge is 0.495 e. The van der Waals surface area contributed by atoms with Gasteiger partial charge in [0, 0.05) is 30.3 Å². The lowest BCUT2D eigenvalue weighted by molar-refractivity contribution is 0.413. The Labute approximate surface area is 206 Å². The molecule has 0 spiro atoms. The van der Waals surface area contributed by atoms with Crippen LogP contribution in [0, 0.1) is 31.3 Å². The SMILES string of the molecule is COc1cc(-c2sc3c(c2C)c(=O)n(-c2cc(F)c(F)c(F)c2)c(=O)n3C)ccc1-n1cnc(C)c1. The summed E-state index contributed by atoms with van der Waals surface area (Å²) < 4.78 is 50.5. The van der Waals surface area contributed by atoms with Gasteiger partial charge in [0.25, 0.3) is 5.56 Å². The highest BCUT2D eigenvalue weighted by Gasteiger charge is 2.22. The van der Waals surface area contributed by atoms with Gasteiger partial charge in [-0.1, -0.05) is 6.07 Å². The van der Waals surface area contributed by atoms with Gasteiger partial charge in [0.1, 0.15) is 10.6 Å². The fraction of sp³-hybridized carbons (Fsp3) is 0.160. The molecule has 0 saturated carbocycles. The fourth-order valence-electron chi connectivity index (χ4n) is 4.18. The maximum atomic E-state index is 13.9. The summed E-state index contributed by atoms with van der Waals surface area (Å²) in [7, 11) is 3.01. The molecule has 0 amide bonds. The normalized spacial score (nSPS) is 11.4. The summed E-state index contributed by atoms with van der Waals surface area (Å²) in [6.07, 6.45) is 3.54. The molecule has 3 heterocycles. The summed E-state index contributed by atoms with van der Waals surface area (Å²) in [6, 6.07) is 6.80. The average Bonchev–Trinajstić information content (AvgIpc) is 3.44. The molecule has 2 aromatic carbocycles. The number of fused-ring (bicyclic) bond motifs is 1. The number of hydrogen-bond acceptors (Lipinski definition) is 5. The van der Waals surface area contributed by atoms with Crippen molar-refractivity contribution >= 4 is 21.6 Å². The minimum Gasteiger partial charge on any atom is -0.495 e. The molecule has 0 fully saturated rings. The van der Waals surface area contributed by atoms with Crippen LogP contribution in [0.2, 0.25) is 0 Å². The molecule has 0 radical (unpaired) electrons. The standard InChI is InChI=1S/C25H19F3N4O3S/c1-12-10-31(11-29-12)18-6-5-14(7-19(18)35-4)22-13(2)20-23(33)32(25(34)30(3)24(20)36-22)15-8-16(26)21(28)17(27)9-15/h5-11H,1-4H3. The molecule has 0 N–H and O–H groups in total. The Hall–Kier alpha value is -4.12. The first-order valence-corrected chi connectivity index (χ1v) is 11.5. The van der Waals surface area contributed by atoms with Gasteiger partial charge in [-0.15, -0.1) is 11.3 Å². The molecule has 0 unspecified atom stereocenters. The van der Waals surface area contributed by atoms with Crippen molar-refractivity contribution in [2.24, 2.45) is 7.05 Å². The lowest BCUT2D eigenvalue weighted by Crippen LogP contribution is -2.37. The van der Waals surface area contributed by atoms with Crippen LogP contribution < -0.4 is 16.0 Å². The van der Waals surface area contributed by atoms with E-state index in [-0.39, 0.29) is 5.39 Å². The predicted octanol–water partition coefficient (Wildman–Crippen LogP) is 4.65. The molecule has 5 aromatic rings. The van der Waals surface area contributed by atoms with E-state index in [4.69, 9.17) is 4.74 Å². The first-order chi connectivity index (χ1) is 17.1. The molecular formula is C25H19F3N4O3S. The third-order valence-electron chi connectivity index (χ3n) is 5.99. The van der Waals surface area contributed by atoms with Gasteiger partial charge in [0.05, 0.1) is 35.9 Å². The van der Waals surface area contributed by atoms with Crippen LogP contribution in [0.15, 0.2) is 52.4 Å². The fourth-order valence-corrected chi connectivity index (χ4v) is 5.43. The molecule has 0 aliphatic heterocycles. The molecule has 3 aromatic heterocycles. The van der Waals surface area contributed by atoms with Crippen molar-refractivity contribution in [3.63, 3.8) is 0 Å². The second-order valence-corrected chi connectivity index (χ2v) is 9.25. The minimum absolute atomic E-state index is 0.218. The van der Waals surface area contributed by atoms with E-state index < -0.39 is 34.4 Å². The van der Waals surface area contributed by atoms with Crippen LogP contribution in [0.25, 0.3) is 32.0 Å². The Balaban J connectivity index is 1.73. The first-order valence-electron chi connectivity index (χ1n) is 10.7. The number of benzene rings is 2. The van der Waals surface area contributed by atoms with Gasteiger partial charge in [-0.25, -0.2) is 27.5 Å². The van der Waals surface area contributed by atoms with E-state index in [9.17, 15) is 22.8 Å². The van der Waals surface area contributed by atoms with Crippen molar-refractivity contribution in [2.45, 2.75) is 13.8 Å². The lowest BCUT2D eigenvalue weighted by Gasteiger charge is -2.11. The molecule has 184 valence electrons. The zero-order valence-electron chi connectivity index (χ0n) is 19.6. The number of ether oxygens (including phenoxy) is 1. The number of aryl methyl sites for hydroxylation is 3. The number of imidazole rings is 1. The van der Waals surface area contributed by atoms with Gasteiger partial charge in [-0.3, -0.25) is 9.36 Å². The van der Waals surface area contributed by atoms with E-state index in [0.29, 0.717) is 32.8 Å². The Morgan fingerprint density at radius 3 is 2.33 bits per heavy atom. The van der Waals surface area contributed by atoms with Crippen LogP contribution in [-0.2, 0) is 7.05 Å². The molecule has 0 bridgehead atoms.